The molecule has 0 aromatic heterocycles. The van der Waals surface area contributed by atoms with E-state index in [-0.39, 0.29) is 0 Å². The summed E-state index contributed by atoms with van der Waals surface area (Å²) in [6.07, 6.45) is 1.44. The predicted octanol–water partition coefficient (Wildman–Crippen LogP) is 4.66. The molecule has 0 saturated heterocycles. The van der Waals surface area contributed by atoms with Crippen LogP contribution in [0.4, 0.5) is 4.39 Å². The van der Waals surface area contributed by atoms with Gasteiger partial charge in [0.1, 0.15) is 12.3 Å². The number of aryl methyl sites for hydroxylation is 2. The van der Waals surface area contributed by atoms with Crippen molar-refractivity contribution in [3.05, 3.63) is 35.4 Å². The topological polar surface area (TPSA) is 26.3 Å². The van der Waals surface area contributed by atoms with Crippen molar-refractivity contribution in [2.45, 2.75) is 63.6 Å². The highest BCUT2D eigenvalue weighted by Gasteiger charge is 2.28. The standard InChI is InChI=1S/C17H23FO2S/c1-11(2)14-9-12(3)17(13(4)10-14)21(19)20-16-8-6-5-7-15(16)18/h9-10,15-16H,1,5-8H2,2-4H3/t15-,16-,21?/m1/s1. The lowest BCUT2D eigenvalue weighted by molar-refractivity contribution is 0.0748. The second-order valence-electron chi connectivity index (χ2n) is 5.89. The van der Waals surface area contributed by atoms with Crippen molar-refractivity contribution in [2.75, 3.05) is 0 Å². The average Bonchev–Trinajstić information content (AvgIpc) is 2.40. The zero-order valence-corrected chi connectivity index (χ0v) is 13.8. The van der Waals surface area contributed by atoms with Crippen LogP contribution in [0, 0.1) is 13.8 Å². The Hall–Kier alpha value is -1.00. The van der Waals surface area contributed by atoms with Crippen molar-refractivity contribution in [1.29, 1.82) is 0 Å². The second-order valence-corrected chi connectivity index (χ2v) is 6.96. The van der Waals surface area contributed by atoms with E-state index in [0.717, 1.165) is 35.1 Å². The van der Waals surface area contributed by atoms with Crippen molar-refractivity contribution < 1.29 is 12.8 Å². The van der Waals surface area contributed by atoms with Crippen molar-refractivity contribution >= 4 is 16.7 Å². The quantitative estimate of drug-likeness (QED) is 0.808. The fourth-order valence-corrected chi connectivity index (χ4v) is 3.96. The highest BCUT2D eigenvalue weighted by atomic mass is 32.2. The van der Waals surface area contributed by atoms with Crippen LogP contribution >= 0.6 is 0 Å². The van der Waals surface area contributed by atoms with Gasteiger partial charge >= 0.3 is 0 Å². The zero-order valence-electron chi connectivity index (χ0n) is 12.9. The third-order valence-electron chi connectivity index (χ3n) is 3.95. The summed E-state index contributed by atoms with van der Waals surface area (Å²) >= 11 is -1.62. The molecule has 0 amide bonds. The molecule has 1 aromatic carbocycles. The summed E-state index contributed by atoms with van der Waals surface area (Å²) in [4.78, 5) is 0.665. The normalized spacial score (nSPS) is 23.8. The Labute approximate surface area is 129 Å². The minimum atomic E-state index is -1.62. The summed E-state index contributed by atoms with van der Waals surface area (Å²) in [5.74, 6) is 0. The number of halogens is 1. The third kappa shape index (κ3) is 3.80. The van der Waals surface area contributed by atoms with Crippen LogP contribution in [-0.2, 0) is 15.3 Å². The molecule has 0 radical (unpaired) electrons. The minimum absolute atomic E-state index is 0.508. The van der Waals surface area contributed by atoms with Gasteiger partial charge in [-0.2, -0.15) is 0 Å². The lowest BCUT2D eigenvalue weighted by Crippen LogP contribution is -2.30. The van der Waals surface area contributed by atoms with Crippen molar-refractivity contribution in [3.63, 3.8) is 0 Å². The molecular formula is C17H23FO2S. The van der Waals surface area contributed by atoms with Gasteiger partial charge in [-0.25, -0.2) is 8.60 Å². The van der Waals surface area contributed by atoms with Crippen LogP contribution in [0.1, 0.15) is 49.3 Å². The lowest BCUT2D eigenvalue weighted by atomic mass is 9.96. The molecule has 21 heavy (non-hydrogen) atoms. The second kappa shape index (κ2) is 6.84. The van der Waals surface area contributed by atoms with E-state index < -0.39 is 23.4 Å². The summed E-state index contributed by atoms with van der Waals surface area (Å²) in [7, 11) is 0. The third-order valence-corrected chi connectivity index (χ3v) is 5.35. The van der Waals surface area contributed by atoms with Crippen molar-refractivity contribution in [1.82, 2.24) is 0 Å². The maximum absolute atomic E-state index is 13.8. The van der Waals surface area contributed by atoms with Crippen LogP contribution in [0.3, 0.4) is 0 Å². The number of hydrogen-bond acceptors (Lipinski definition) is 2. The molecule has 3 atom stereocenters. The van der Waals surface area contributed by atoms with E-state index in [0.29, 0.717) is 17.7 Å². The predicted molar refractivity (Wildman–Crippen MR) is 85.3 cm³/mol. The maximum atomic E-state index is 13.8. The van der Waals surface area contributed by atoms with E-state index in [4.69, 9.17) is 4.18 Å². The SMILES string of the molecule is C=C(C)c1cc(C)c(S(=O)O[C@@H]2CCCC[C@H]2F)c(C)c1. The van der Waals surface area contributed by atoms with Crippen LogP contribution in [-0.4, -0.2) is 16.5 Å². The monoisotopic (exact) mass is 310 g/mol. The number of benzene rings is 1. The fraction of sp³-hybridized carbons (Fsp3) is 0.529. The summed E-state index contributed by atoms with van der Waals surface area (Å²) in [6, 6.07) is 3.92. The molecule has 0 heterocycles. The molecule has 1 aliphatic rings. The lowest BCUT2D eigenvalue weighted by Gasteiger charge is -2.25. The van der Waals surface area contributed by atoms with Gasteiger partial charge in [-0.1, -0.05) is 37.1 Å². The largest absolute Gasteiger partial charge is 0.280 e. The highest BCUT2D eigenvalue weighted by molar-refractivity contribution is 7.80. The van der Waals surface area contributed by atoms with Gasteiger partial charge in [-0.05, 0) is 50.3 Å². The van der Waals surface area contributed by atoms with E-state index >= 15 is 0 Å². The molecule has 2 nitrogen and oxygen atoms in total. The van der Waals surface area contributed by atoms with E-state index in [2.05, 4.69) is 6.58 Å². The van der Waals surface area contributed by atoms with E-state index in [9.17, 15) is 8.60 Å². The van der Waals surface area contributed by atoms with Crippen LogP contribution in [0.5, 0.6) is 0 Å². The van der Waals surface area contributed by atoms with Gasteiger partial charge in [0.15, 0.2) is 11.1 Å². The number of alkyl halides is 1. The summed E-state index contributed by atoms with van der Waals surface area (Å²) < 4.78 is 31.8. The van der Waals surface area contributed by atoms with Gasteiger partial charge in [0.25, 0.3) is 0 Å². The Morgan fingerprint density at radius 1 is 1.29 bits per heavy atom. The average molecular weight is 310 g/mol. The molecule has 2 rings (SSSR count). The van der Waals surface area contributed by atoms with E-state index in [1.807, 2.05) is 32.9 Å². The highest BCUT2D eigenvalue weighted by Crippen LogP contribution is 2.29. The first-order valence-electron chi connectivity index (χ1n) is 7.40. The van der Waals surface area contributed by atoms with E-state index in [1.54, 1.807) is 0 Å². The first kappa shape index (κ1) is 16.4. The Morgan fingerprint density at radius 2 is 1.86 bits per heavy atom. The number of allylic oxidation sites excluding steroid dienone is 1. The number of hydrogen-bond donors (Lipinski definition) is 0. The first-order valence-corrected chi connectivity index (χ1v) is 8.47. The molecule has 1 fully saturated rings. The van der Waals surface area contributed by atoms with Gasteiger partial charge in [-0.15, -0.1) is 0 Å². The smallest absolute Gasteiger partial charge is 0.190 e. The maximum Gasteiger partial charge on any atom is 0.190 e. The molecule has 1 unspecified atom stereocenters. The molecule has 0 bridgehead atoms. The van der Waals surface area contributed by atoms with E-state index in [1.165, 1.54) is 0 Å². The Bertz CT molecular complexity index is 545. The molecule has 1 aliphatic carbocycles. The van der Waals surface area contributed by atoms with Gasteiger partial charge in [0.2, 0.25) is 0 Å². The van der Waals surface area contributed by atoms with Gasteiger partial charge in [0, 0.05) is 0 Å². The minimum Gasteiger partial charge on any atom is -0.280 e. The molecule has 4 heteroatoms. The summed E-state index contributed by atoms with van der Waals surface area (Å²) in [5.41, 5.74) is 3.80. The summed E-state index contributed by atoms with van der Waals surface area (Å²) in [5, 5.41) is 0. The van der Waals surface area contributed by atoms with Gasteiger partial charge < -0.3 is 0 Å². The molecule has 116 valence electrons. The molecule has 1 saturated carbocycles. The summed E-state index contributed by atoms with van der Waals surface area (Å²) in [6.45, 7) is 9.68. The Kier molecular flexibility index (Phi) is 5.33. The van der Waals surface area contributed by atoms with Crippen LogP contribution in [0.25, 0.3) is 5.57 Å². The van der Waals surface area contributed by atoms with Crippen molar-refractivity contribution in [2.24, 2.45) is 0 Å². The van der Waals surface area contributed by atoms with Gasteiger partial charge in [0.05, 0.1) is 4.90 Å². The molecule has 0 spiro atoms. The molecular weight excluding hydrogens is 287 g/mol. The van der Waals surface area contributed by atoms with Crippen LogP contribution < -0.4 is 0 Å². The Balaban J connectivity index is 2.21. The van der Waals surface area contributed by atoms with Crippen LogP contribution in [0.15, 0.2) is 23.6 Å². The molecule has 0 aliphatic heterocycles. The first-order chi connectivity index (χ1) is 9.90. The van der Waals surface area contributed by atoms with Crippen LogP contribution in [0.2, 0.25) is 0 Å². The van der Waals surface area contributed by atoms with Crippen molar-refractivity contribution in [3.8, 4) is 0 Å². The molecule has 1 aromatic rings. The van der Waals surface area contributed by atoms with Gasteiger partial charge in [-0.3, -0.25) is 4.18 Å². The Morgan fingerprint density at radius 3 is 2.38 bits per heavy atom. The molecule has 0 N–H and O–H groups in total. The number of rotatable bonds is 4. The zero-order chi connectivity index (χ0) is 15.6. The fourth-order valence-electron chi connectivity index (χ4n) is 2.78.